The van der Waals surface area contributed by atoms with Crippen LogP contribution >= 0.6 is 0 Å². The van der Waals surface area contributed by atoms with Crippen LogP contribution in [0.5, 0.6) is 0 Å². The third-order valence-corrected chi connectivity index (χ3v) is 4.36. The molecule has 2 amide bonds. The second kappa shape index (κ2) is 9.11. The van der Waals surface area contributed by atoms with Crippen LogP contribution in [0.3, 0.4) is 0 Å². The fourth-order valence-corrected chi connectivity index (χ4v) is 2.88. The second-order valence-corrected chi connectivity index (χ2v) is 6.54. The normalized spacial score (nSPS) is 10.7. The van der Waals surface area contributed by atoms with Crippen molar-refractivity contribution in [3.8, 4) is 0 Å². The summed E-state index contributed by atoms with van der Waals surface area (Å²) in [7, 11) is 1.61. The maximum absolute atomic E-state index is 12.7. The first kappa shape index (κ1) is 20.2. The first-order valence-electron chi connectivity index (χ1n) is 9.15. The molecule has 8 heteroatoms. The molecule has 8 nitrogen and oxygen atoms in total. The van der Waals surface area contributed by atoms with Gasteiger partial charge in [0.05, 0.1) is 17.2 Å². The molecule has 3 aromatic rings. The van der Waals surface area contributed by atoms with Crippen molar-refractivity contribution in [1.29, 1.82) is 0 Å². The summed E-state index contributed by atoms with van der Waals surface area (Å²) < 4.78 is 6.54. The Hall–Kier alpha value is -3.52. The quantitative estimate of drug-likeness (QED) is 0.473. The third kappa shape index (κ3) is 5.05. The number of urea groups is 1. The molecular formula is C21H22N4O4. The Morgan fingerprint density at radius 3 is 2.59 bits per heavy atom. The van der Waals surface area contributed by atoms with Gasteiger partial charge in [-0.25, -0.2) is 9.78 Å². The van der Waals surface area contributed by atoms with E-state index in [9.17, 15) is 14.4 Å². The van der Waals surface area contributed by atoms with Gasteiger partial charge in [-0.15, -0.1) is 0 Å². The van der Waals surface area contributed by atoms with Gasteiger partial charge in [-0.1, -0.05) is 12.1 Å². The molecule has 0 saturated heterocycles. The van der Waals surface area contributed by atoms with Crippen LogP contribution in [-0.4, -0.2) is 35.1 Å². The monoisotopic (exact) mass is 394 g/mol. The topological polar surface area (TPSA) is 102 Å². The van der Waals surface area contributed by atoms with Crippen molar-refractivity contribution in [3.63, 3.8) is 0 Å². The Labute approximate surface area is 167 Å². The lowest BCUT2D eigenvalue weighted by Gasteiger charge is -2.10. The van der Waals surface area contributed by atoms with E-state index >= 15 is 0 Å². The molecule has 0 aliphatic heterocycles. The number of fused-ring (bicyclic) bond motifs is 1. The molecule has 0 unspecified atom stereocenters. The first-order valence-corrected chi connectivity index (χ1v) is 9.15. The Bertz CT molecular complexity index is 1110. The van der Waals surface area contributed by atoms with E-state index in [1.54, 1.807) is 49.6 Å². The Morgan fingerprint density at radius 2 is 1.86 bits per heavy atom. The van der Waals surface area contributed by atoms with Crippen molar-refractivity contribution in [2.24, 2.45) is 0 Å². The van der Waals surface area contributed by atoms with E-state index in [4.69, 9.17) is 4.74 Å². The second-order valence-electron chi connectivity index (χ2n) is 6.54. The number of benzene rings is 2. The van der Waals surface area contributed by atoms with Crippen molar-refractivity contribution in [3.05, 3.63) is 64.7 Å². The number of aryl methyl sites for hydroxylation is 1. The molecule has 3 rings (SSSR count). The van der Waals surface area contributed by atoms with Crippen molar-refractivity contribution in [1.82, 2.24) is 9.55 Å². The minimum atomic E-state index is -0.477. The highest BCUT2D eigenvalue weighted by Crippen LogP contribution is 2.16. The molecule has 1 heterocycles. The van der Waals surface area contributed by atoms with E-state index in [1.807, 2.05) is 0 Å². The van der Waals surface area contributed by atoms with Gasteiger partial charge in [0.15, 0.2) is 5.78 Å². The van der Waals surface area contributed by atoms with Crippen LogP contribution in [0.25, 0.3) is 10.9 Å². The van der Waals surface area contributed by atoms with Gasteiger partial charge in [-0.2, -0.15) is 0 Å². The standard InChI is InChI=1S/C21H22N4O4/c1-14(26)15-5-3-6-16(11-15)23-21(28)24-17-7-8-19-18(12-17)20(27)25(13-22-19)9-4-10-29-2/h3,5-8,11-13H,4,9-10H2,1-2H3,(H2,23,24,28). The molecule has 0 aliphatic rings. The summed E-state index contributed by atoms with van der Waals surface area (Å²) in [6.45, 7) is 2.52. The summed E-state index contributed by atoms with van der Waals surface area (Å²) in [5.41, 5.74) is 1.85. The number of aromatic nitrogens is 2. The molecule has 1 aromatic heterocycles. The largest absolute Gasteiger partial charge is 0.385 e. The van der Waals surface area contributed by atoms with Crippen LogP contribution in [-0.2, 0) is 11.3 Å². The van der Waals surface area contributed by atoms with Crippen molar-refractivity contribution >= 4 is 34.1 Å². The van der Waals surface area contributed by atoms with Gasteiger partial charge in [0.2, 0.25) is 0 Å². The number of Topliss-reactive ketones (excluding diaryl/α,β-unsaturated/α-hetero) is 1. The van der Waals surface area contributed by atoms with Crippen LogP contribution in [0.15, 0.2) is 53.6 Å². The summed E-state index contributed by atoms with van der Waals surface area (Å²) in [5.74, 6) is -0.0853. The molecule has 0 saturated carbocycles. The summed E-state index contributed by atoms with van der Waals surface area (Å²) in [6.07, 6.45) is 2.21. The fraction of sp³-hybridized carbons (Fsp3) is 0.238. The van der Waals surface area contributed by atoms with E-state index in [0.717, 1.165) is 0 Å². The zero-order valence-electron chi connectivity index (χ0n) is 16.3. The number of carbonyl (C=O) groups is 2. The van der Waals surface area contributed by atoms with Crippen LogP contribution in [0.2, 0.25) is 0 Å². The Kier molecular flexibility index (Phi) is 6.36. The van der Waals surface area contributed by atoms with E-state index < -0.39 is 6.03 Å². The number of amides is 2. The number of ketones is 1. The maximum Gasteiger partial charge on any atom is 0.323 e. The molecule has 2 aromatic carbocycles. The number of carbonyl (C=O) groups excluding carboxylic acids is 2. The molecule has 0 radical (unpaired) electrons. The molecule has 2 N–H and O–H groups in total. The van der Waals surface area contributed by atoms with Crippen LogP contribution in [0.1, 0.15) is 23.7 Å². The highest BCUT2D eigenvalue weighted by atomic mass is 16.5. The summed E-state index contributed by atoms with van der Waals surface area (Å²) in [4.78, 5) is 40.7. The number of anilines is 2. The number of hydrogen-bond donors (Lipinski definition) is 2. The van der Waals surface area contributed by atoms with Gasteiger partial charge in [-0.05, 0) is 43.7 Å². The van der Waals surface area contributed by atoms with Crippen molar-refractivity contribution < 1.29 is 14.3 Å². The van der Waals surface area contributed by atoms with Gasteiger partial charge in [-0.3, -0.25) is 14.2 Å². The molecule has 0 atom stereocenters. The molecule has 0 aliphatic carbocycles. The summed E-state index contributed by atoms with van der Waals surface area (Å²) in [5, 5.41) is 5.80. The smallest absolute Gasteiger partial charge is 0.323 e. The van der Waals surface area contributed by atoms with Crippen molar-refractivity contribution in [2.45, 2.75) is 19.9 Å². The molecule has 29 heavy (non-hydrogen) atoms. The summed E-state index contributed by atoms with van der Waals surface area (Å²) >= 11 is 0. The van der Waals surface area contributed by atoms with Gasteiger partial charge in [0.1, 0.15) is 0 Å². The number of hydrogen-bond acceptors (Lipinski definition) is 5. The molecule has 0 fully saturated rings. The zero-order valence-corrected chi connectivity index (χ0v) is 16.3. The van der Waals surface area contributed by atoms with Crippen LogP contribution in [0.4, 0.5) is 16.2 Å². The number of ether oxygens (including phenoxy) is 1. The van der Waals surface area contributed by atoms with E-state index in [0.29, 0.717) is 47.4 Å². The lowest BCUT2D eigenvalue weighted by atomic mass is 10.1. The predicted octanol–water partition coefficient (Wildman–Crippen LogP) is 3.28. The Balaban J connectivity index is 1.76. The van der Waals surface area contributed by atoms with E-state index in [2.05, 4.69) is 15.6 Å². The summed E-state index contributed by atoms with van der Waals surface area (Å²) in [6, 6.07) is 11.1. The molecular weight excluding hydrogens is 372 g/mol. The van der Waals surface area contributed by atoms with Gasteiger partial charge >= 0.3 is 6.03 Å². The van der Waals surface area contributed by atoms with Crippen LogP contribution in [0, 0.1) is 0 Å². The first-order chi connectivity index (χ1) is 14.0. The average Bonchev–Trinajstić information content (AvgIpc) is 2.70. The number of methoxy groups -OCH3 is 1. The van der Waals surface area contributed by atoms with Gasteiger partial charge in [0, 0.05) is 37.2 Å². The predicted molar refractivity (Wildman–Crippen MR) is 112 cm³/mol. The van der Waals surface area contributed by atoms with Gasteiger partial charge < -0.3 is 15.4 Å². The SMILES string of the molecule is COCCCn1cnc2ccc(NC(=O)Nc3cccc(C(C)=O)c3)cc2c1=O. The van der Waals surface area contributed by atoms with Crippen LogP contribution < -0.4 is 16.2 Å². The molecule has 0 spiro atoms. The third-order valence-electron chi connectivity index (χ3n) is 4.36. The Morgan fingerprint density at radius 1 is 1.10 bits per heavy atom. The lowest BCUT2D eigenvalue weighted by molar-refractivity contribution is 0.101. The lowest BCUT2D eigenvalue weighted by Crippen LogP contribution is -2.22. The minimum Gasteiger partial charge on any atom is -0.385 e. The minimum absolute atomic E-state index is 0.0853. The van der Waals surface area contributed by atoms with E-state index in [1.165, 1.54) is 17.8 Å². The number of nitrogens with one attached hydrogen (secondary N) is 2. The van der Waals surface area contributed by atoms with Crippen molar-refractivity contribution in [2.75, 3.05) is 24.4 Å². The number of rotatable bonds is 7. The van der Waals surface area contributed by atoms with E-state index in [-0.39, 0.29) is 11.3 Å². The molecule has 0 bridgehead atoms. The highest BCUT2D eigenvalue weighted by molar-refractivity contribution is 6.02. The zero-order chi connectivity index (χ0) is 20.8. The maximum atomic E-state index is 12.7. The number of nitrogens with zero attached hydrogens (tertiary/aromatic N) is 2. The van der Waals surface area contributed by atoms with Gasteiger partial charge in [0.25, 0.3) is 5.56 Å². The molecule has 150 valence electrons. The highest BCUT2D eigenvalue weighted by Gasteiger charge is 2.09. The average molecular weight is 394 g/mol. The fourth-order valence-electron chi connectivity index (χ4n) is 2.88.